The molecule has 0 spiro atoms. The van der Waals surface area contributed by atoms with Gasteiger partial charge in [-0.2, -0.15) is 0 Å². The Kier molecular flexibility index (Phi) is 5.27. The summed E-state index contributed by atoms with van der Waals surface area (Å²) in [6.45, 7) is 3.96. The quantitative estimate of drug-likeness (QED) is 0.860. The summed E-state index contributed by atoms with van der Waals surface area (Å²) in [6, 6.07) is 3.15. The van der Waals surface area contributed by atoms with Crippen LogP contribution in [0.3, 0.4) is 0 Å². The third-order valence-corrected chi connectivity index (χ3v) is 4.95. The summed E-state index contributed by atoms with van der Waals surface area (Å²) in [4.78, 5) is -0.000133. The molecule has 0 heterocycles. The average Bonchev–Trinajstić information content (AvgIpc) is 2.25. The highest BCUT2D eigenvalue weighted by molar-refractivity contribution is 9.10. The zero-order valence-electron chi connectivity index (χ0n) is 10.2. The second kappa shape index (κ2) is 6.10. The van der Waals surface area contributed by atoms with Gasteiger partial charge in [0.25, 0.3) is 0 Å². The predicted octanol–water partition coefficient (Wildman–Crippen LogP) is 1.85. The normalized spacial score (nSPS) is 13.9. The van der Waals surface area contributed by atoms with E-state index >= 15 is 0 Å². The zero-order chi connectivity index (χ0) is 13.9. The molecule has 0 aliphatic carbocycles. The fraction of sp³-hybridized carbons (Fsp3) is 0.455. The zero-order valence-corrected chi connectivity index (χ0v) is 12.6. The van der Waals surface area contributed by atoms with Crippen molar-refractivity contribution < 1.29 is 12.8 Å². The van der Waals surface area contributed by atoms with Crippen LogP contribution in [0.4, 0.5) is 4.39 Å². The first-order valence-electron chi connectivity index (χ1n) is 5.44. The van der Waals surface area contributed by atoms with E-state index in [1.54, 1.807) is 0 Å². The first-order valence-corrected chi connectivity index (χ1v) is 7.72. The third kappa shape index (κ3) is 4.01. The lowest BCUT2D eigenvalue weighted by atomic mass is 10.1. The smallest absolute Gasteiger partial charge is 0.241 e. The molecule has 0 radical (unpaired) electrons. The van der Waals surface area contributed by atoms with Gasteiger partial charge in [-0.25, -0.2) is 17.5 Å². The van der Waals surface area contributed by atoms with Crippen LogP contribution in [0, 0.1) is 11.7 Å². The summed E-state index contributed by atoms with van der Waals surface area (Å²) in [6.07, 6.45) is 0. The Bertz CT molecular complexity index is 520. The molecule has 0 aliphatic rings. The minimum Gasteiger partial charge on any atom is -0.326 e. The Labute approximate surface area is 115 Å². The topological polar surface area (TPSA) is 72.2 Å². The van der Waals surface area contributed by atoms with Crippen molar-refractivity contribution in [3.05, 3.63) is 28.5 Å². The summed E-state index contributed by atoms with van der Waals surface area (Å²) in [5.41, 5.74) is 5.77. The maximum atomic E-state index is 12.9. The van der Waals surface area contributed by atoms with E-state index in [4.69, 9.17) is 5.73 Å². The SMILES string of the molecule is CC(C)C(N)CNS(=O)(=O)c1ccc(F)cc1Br. The van der Waals surface area contributed by atoms with E-state index in [0.29, 0.717) is 0 Å². The monoisotopic (exact) mass is 338 g/mol. The Morgan fingerprint density at radius 1 is 1.44 bits per heavy atom. The van der Waals surface area contributed by atoms with Gasteiger partial charge >= 0.3 is 0 Å². The van der Waals surface area contributed by atoms with Crippen LogP contribution in [0.2, 0.25) is 0 Å². The maximum Gasteiger partial charge on any atom is 0.241 e. The van der Waals surface area contributed by atoms with Gasteiger partial charge in [0.2, 0.25) is 10.0 Å². The number of sulfonamides is 1. The lowest BCUT2D eigenvalue weighted by molar-refractivity contribution is 0.481. The molecule has 0 amide bonds. The molecule has 3 N–H and O–H groups in total. The van der Waals surface area contributed by atoms with Gasteiger partial charge in [-0.1, -0.05) is 13.8 Å². The van der Waals surface area contributed by atoms with Crippen molar-refractivity contribution in [3.63, 3.8) is 0 Å². The number of rotatable bonds is 5. The minimum absolute atomic E-state index is 0.000133. The van der Waals surface area contributed by atoms with Crippen molar-refractivity contribution in [1.82, 2.24) is 4.72 Å². The molecule has 1 unspecified atom stereocenters. The van der Waals surface area contributed by atoms with E-state index in [2.05, 4.69) is 20.7 Å². The predicted molar refractivity (Wildman–Crippen MR) is 72.1 cm³/mol. The van der Waals surface area contributed by atoms with E-state index in [0.717, 1.165) is 12.1 Å². The van der Waals surface area contributed by atoms with Gasteiger partial charge in [-0.15, -0.1) is 0 Å². The maximum absolute atomic E-state index is 12.9. The van der Waals surface area contributed by atoms with E-state index in [1.165, 1.54) is 6.07 Å². The van der Waals surface area contributed by atoms with Crippen molar-refractivity contribution in [2.45, 2.75) is 24.8 Å². The molecular formula is C11H16BrFN2O2S. The molecule has 1 atom stereocenters. The standard InChI is InChI=1S/C11H16BrFN2O2S/c1-7(2)10(14)6-15-18(16,17)11-4-3-8(13)5-9(11)12/h3-5,7,10,15H,6,14H2,1-2H3. The van der Waals surface area contributed by atoms with E-state index < -0.39 is 15.8 Å². The molecule has 102 valence electrons. The van der Waals surface area contributed by atoms with Crippen LogP contribution in [0.1, 0.15) is 13.8 Å². The second-order valence-electron chi connectivity index (χ2n) is 4.33. The fourth-order valence-electron chi connectivity index (χ4n) is 1.21. The lowest BCUT2D eigenvalue weighted by Gasteiger charge is -2.16. The number of halogens is 2. The van der Waals surface area contributed by atoms with Crippen LogP contribution in [-0.4, -0.2) is 21.0 Å². The van der Waals surface area contributed by atoms with Gasteiger partial charge in [0, 0.05) is 17.1 Å². The Hall–Kier alpha value is -0.500. The van der Waals surface area contributed by atoms with Gasteiger partial charge < -0.3 is 5.73 Å². The van der Waals surface area contributed by atoms with Gasteiger partial charge in [0.15, 0.2) is 0 Å². The first-order chi connectivity index (χ1) is 8.24. The van der Waals surface area contributed by atoms with E-state index in [1.807, 2.05) is 13.8 Å². The van der Waals surface area contributed by atoms with E-state index in [-0.39, 0.29) is 27.9 Å². The van der Waals surface area contributed by atoms with Crippen LogP contribution in [0.25, 0.3) is 0 Å². The fourth-order valence-corrected chi connectivity index (χ4v) is 3.33. The highest BCUT2D eigenvalue weighted by Gasteiger charge is 2.19. The third-order valence-electron chi connectivity index (χ3n) is 2.55. The number of nitrogens with two attached hydrogens (primary N) is 1. The molecule has 18 heavy (non-hydrogen) atoms. The first kappa shape index (κ1) is 15.6. The number of hydrogen-bond acceptors (Lipinski definition) is 3. The molecule has 0 saturated heterocycles. The molecular weight excluding hydrogens is 323 g/mol. The molecule has 7 heteroatoms. The summed E-state index contributed by atoms with van der Waals surface area (Å²) < 4.78 is 39.4. The summed E-state index contributed by atoms with van der Waals surface area (Å²) in [7, 11) is -3.68. The molecule has 1 rings (SSSR count). The number of benzene rings is 1. The highest BCUT2D eigenvalue weighted by Crippen LogP contribution is 2.22. The van der Waals surface area contributed by atoms with Crippen molar-refractivity contribution in [2.75, 3.05) is 6.54 Å². The minimum atomic E-state index is -3.68. The van der Waals surface area contributed by atoms with Gasteiger partial charge in [-0.05, 0) is 40.0 Å². The molecule has 0 fully saturated rings. The average molecular weight is 339 g/mol. The Morgan fingerprint density at radius 3 is 2.56 bits per heavy atom. The number of nitrogens with one attached hydrogen (secondary N) is 1. The van der Waals surface area contributed by atoms with Crippen LogP contribution < -0.4 is 10.5 Å². The van der Waals surface area contributed by atoms with Gasteiger partial charge in [0.1, 0.15) is 5.82 Å². The molecule has 1 aromatic carbocycles. The van der Waals surface area contributed by atoms with Crippen molar-refractivity contribution >= 4 is 26.0 Å². The van der Waals surface area contributed by atoms with Crippen molar-refractivity contribution in [1.29, 1.82) is 0 Å². The summed E-state index contributed by atoms with van der Waals surface area (Å²) >= 11 is 3.03. The Balaban J connectivity index is 2.87. The van der Waals surface area contributed by atoms with Crippen LogP contribution >= 0.6 is 15.9 Å². The van der Waals surface area contributed by atoms with Gasteiger partial charge in [-0.3, -0.25) is 0 Å². The van der Waals surface area contributed by atoms with E-state index in [9.17, 15) is 12.8 Å². The van der Waals surface area contributed by atoms with Gasteiger partial charge in [0.05, 0.1) is 4.90 Å². The molecule has 0 bridgehead atoms. The van der Waals surface area contributed by atoms with Crippen molar-refractivity contribution in [2.24, 2.45) is 11.7 Å². The largest absolute Gasteiger partial charge is 0.326 e. The summed E-state index contributed by atoms with van der Waals surface area (Å²) in [5, 5.41) is 0. The van der Waals surface area contributed by atoms with Crippen LogP contribution in [0.15, 0.2) is 27.6 Å². The molecule has 0 saturated carbocycles. The molecule has 4 nitrogen and oxygen atoms in total. The lowest BCUT2D eigenvalue weighted by Crippen LogP contribution is -2.40. The number of hydrogen-bond donors (Lipinski definition) is 2. The summed E-state index contributed by atoms with van der Waals surface area (Å²) in [5.74, 6) is -0.330. The molecule has 0 aromatic heterocycles. The second-order valence-corrected chi connectivity index (χ2v) is 6.92. The van der Waals surface area contributed by atoms with Crippen molar-refractivity contribution in [3.8, 4) is 0 Å². The molecule has 1 aromatic rings. The Morgan fingerprint density at radius 2 is 2.06 bits per heavy atom. The molecule has 0 aliphatic heterocycles. The highest BCUT2D eigenvalue weighted by atomic mass is 79.9. The van der Waals surface area contributed by atoms with Crippen LogP contribution in [0.5, 0.6) is 0 Å². The van der Waals surface area contributed by atoms with Crippen LogP contribution in [-0.2, 0) is 10.0 Å².